The molecule has 150 valence electrons. The van der Waals surface area contributed by atoms with Gasteiger partial charge < -0.3 is 20.1 Å². The van der Waals surface area contributed by atoms with Crippen molar-refractivity contribution in [3.63, 3.8) is 0 Å². The molecule has 0 saturated heterocycles. The molecule has 1 heterocycles. The predicted octanol–water partition coefficient (Wildman–Crippen LogP) is 6.40. The van der Waals surface area contributed by atoms with Crippen LogP contribution in [0.5, 0.6) is 28.7 Å². The number of rotatable bonds is 1. The Hall–Kier alpha value is -4.18. The SMILES string of the molecule is Oc1ccc2ccc(O)c(C3c4ccccc4Oc4ccc5ccc(O)cc5c43)c2c1. The van der Waals surface area contributed by atoms with Gasteiger partial charge in [0.25, 0.3) is 0 Å². The number of ether oxygens (including phenoxy) is 1. The molecular weight excluding hydrogens is 388 g/mol. The summed E-state index contributed by atoms with van der Waals surface area (Å²) in [6.07, 6.45) is 0. The quantitative estimate of drug-likeness (QED) is 0.296. The molecule has 0 spiro atoms. The molecule has 1 aliphatic rings. The number of fused-ring (bicyclic) bond motifs is 5. The first kappa shape index (κ1) is 17.7. The van der Waals surface area contributed by atoms with Crippen LogP contribution >= 0.6 is 0 Å². The van der Waals surface area contributed by atoms with E-state index in [0.29, 0.717) is 11.3 Å². The number of para-hydroxylation sites is 1. The Labute approximate surface area is 178 Å². The molecule has 0 saturated carbocycles. The Morgan fingerprint density at radius 1 is 0.581 bits per heavy atom. The number of hydrogen-bond acceptors (Lipinski definition) is 4. The molecule has 1 unspecified atom stereocenters. The van der Waals surface area contributed by atoms with Crippen LogP contribution in [-0.4, -0.2) is 15.3 Å². The van der Waals surface area contributed by atoms with Crippen molar-refractivity contribution in [2.75, 3.05) is 0 Å². The zero-order valence-electron chi connectivity index (χ0n) is 16.4. The second-order valence-electron chi connectivity index (χ2n) is 7.86. The van der Waals surface area contributed by atoms with Gasteiger partial charge in [0.15, 0.2) is 0 Å². The summed E-state index contributed by atoms with van der Waals surface area (Å²) in [4.78, 5) is 0. The maximum atomic E-state index is 11.1. The van der Waals surface area contributed by atoms with Gasteiger partial charge in [0.05, 0.1) is 0 Å². The van der Waals surface area contributed by atoms with Crippen molar-refractivity contribution in [3.05, 3.63) is 102 Å². The van der Waals surface area contributed by atoms with E-state index in [1.165, 1.54) is 0 Å². The Balaban J connectivity index is 1.78. The highest BCUT2D eigenvalue weighted by molar-refractivity contribution is 5.95. The third-order valence-corrected chi connectivity index (χ3v) is 6.06. The van der Waals surface area contributed by atoms with E-state index in [1.807, 2.05) is 54.6 Å². The summed E-state index contributed by atoms with van der Waals surface area (Å²) in [5.41, 5.74) is 2.48. The summed E-state index contributed by atoms with van der Waals surface area (Å²) in [5.74, 6) is 1.49. The molecule has 0 bridgehead atoms. The maximum Gasteiger partial charge on any atom is 0.132 e. The summed E-state index contributed by atoms with van der Waals surface area (Å²) in [6, 6.07) is 25.6. The summed E-state index contributed by atoms with van der Waals surface area (Å²) in [6.45, 7) is 0. The van der Waals surface area contributed by atoms with E-state index in [0.717, 1.165) is 38.4 Å². The average molecular weight is 406 g/mol. The van der Waals surface area contributed by atoms with Gasteiger partial charge in [-0.2, -0.15) is 0 Å². The zero-order chi connectivity index (χ0) is 21.1. The maximum absolute atomic E-state index is 11.1. The van der Waals surface area contributed by atoms with Crippen LogP contribution in [0.2, 0.25) is 0 Å². The van der Waals surface area contributed by atoms with Crippen LogP contribution in [0.3, 0.4) is 0 Å². The van der Waals surface area contributed by atoms with Gasteiger partial charge >= 0.3 is 0 Å². The molecule has 5 aromatic rings. The molecule has 4 nitrogen and oxygen atoms in total. The van der Waals surface area contributed by atoms with Crippen LogP contribution in [0, 0.1) is 0 Å². The van der Waals surface area contributed by atoms with E-state index in [2.05, 4.69) is 0 Å². The Morgan fingerprint density at radius 3 is 1.94 bits per heavy atom. The van der Waals surface area contributed by atoms with Gasteiger partial charge in [-0.15, -0.1) is 0 Å². The molecule has 5 aromatic carbocycles. The average Bonchev–Trinajstić information content (AvgIpc) is 2.77. The number of phenols is 3. The standard InChI is InChI=1S/C27H18O4/c28-17-9-5-15-7-11-22(30)25(20(15)13-17)27-19-3-1-2-4-23(19)31-24-12-8-16-6-10-18(29)14-21(16)26(24)27/h1-14,27-30H. The van der Waals surface area contributed by atoms with Crippen LogP contribution < -0.4 is 4.74 Å². The molecule has 0 radical (unpaired) electrons. The second kappa shape index (κ2) is 6.41. The van der Waals surface area contributed by atoms with Crippen LogP contribution in [0.4, 0.5) is 0 Å². The highest BCUT2D eigenvalue weighted by Gasteiger charge is 2.33. The molecule has 3 N–H and O–H groups in total. The van der Waals surface area contributed by atoms with Crippen molar-refractivity contribution in [2.45, 2.75) is 5.92 Å². The van der Waals surface area contributed by atoms with Crippen molar-refractivity contribution < 1.29 is 20.1 Å². The van der Waals surface area contributed by atoms with Gasteiger partial charge in [0, 0.05) is 22.6 Å². The fraction of sp³-hybridized carbons (Fsp3) is 0.0370. The predicted molar refractivity (Wildman–Crippen MR) is 120 cm³/mol. The Bertz CT molecular complexity index is 1440. The van der Waals surface area contributed by atoms with Crippen LogP contribution in [0.1, 0.15) is 22.6 Å². The third-order valence-electron chi connectivity index (χ3n) is 6.06. The number of aromatic hydroxyl groups is 3. The number of phenolic OH excluding ortho intramolecular Hbond substituents is 3. The zero-order valence-corrected chi connectivity index (χ0v) is 16.4. The van der Waals surface area contributed by atoms with E-state index in [-0.39, 0.29) is 23.2 Å². The van der Waals surface area contributed by atoms with Crippen LogP contribution in [0.25, 0.3) is 21.5 Å². The molecule has 0 aromatic heterocycles. The number of benzene rings is 5. The molecular formula is C27H18O4. The van der Waals surface area contributed by atoms with Gasteiger partial charge in [-0.1, -0.05) is 42.5 Å². The van der Waals surface area contributed by atoms with Gasteiger partial charge in [-0.25, -0.2) is 0 Å². The molecule has 1 aliphatic heterocycles. The minimum Gasteiger partial charge on any atom is -0.508 e. The van der Waals surface area contributed by atoms with Crippen LogP contribution in [-0.2, 0) is 0 Å². The molecule has 0 amide bonds. The number of hydrogen-bond donors (Lipinski definition) is 3. The van der Waals surface area contributed by atoms with Crippen molar-refractivity contribution in [1.82, 2.24) is 0 Å². The van der Waals surface area contributed by atoms with Crippen molar-refractivity contribution in [2.24, 2.45) is 0 Å². The first-order valence-corrected chi connectivity index (χ1v) is 10.1. The van der Waals surface area contributed by atoms with Crippen LogP contribution in [0.15, 0.2) is 84.9 Å². The topological polar surface area (TPSA) is 69.9 Å². The monoisotopic (exact) mass is 406 g/mol. The van der Waals surface area contributed by atoms with Crippen molar-refractivity contribution in [1.29, 1.82) is 0 Å². The van der Waals surface area contributed by atoms with Crippen molar-refractivity contribution in [3.8, 4) is 28.7 Å². The first-order chi connectivity index (χ1) is 15.1. The lowest BCUT2D eigenvalue weighted by atomic mass is 9.78. The van der Waals surface area contributed by atoms with Gasteiger partial charge in [0.2, 0.25) is 0 Å². The Kier molecular flexibility index (Phi) is 3.65. The molecule has 0 fully saturated rings. The first-order valence-electron chi connectivity index (χ1n) is 10.1. The van der Waals surface area contributed by atoms with Gasteiger partial charge in [0.1, 0.15) is 28.7 Å². The Morgan fingerprint density at radius 2 is 1.19 bits per heavy atom. The summed E-state index contributed by atoms with van der Waals surface area (Å²) < 4.78 is 6.24. The fourth-order valence-electron chi connectivity index (χ4n) is 4.71. The van der Waals surface area contributed by atoms with Gasteiger partial charge in [-0.05, 0) is 64.0 Å². The fourth-order valence-corrected chi connectivity index (χ4v) is 4.71. The van der Waals surface area contributed by atoms with E-state index in [1.54, 1.807) is 30.3 Å². The highest BCUT2D eigenvalue weighted by atomic mass is 16.5. The smallest absolute Gasteiger partial charge is 0.132 e. The van der Waals surface area contributed by atoms with Crippen molar-refractivity contribution >= 4 is 21.5 Å². The molecule has 31 heavy (non-hydrogen) atoms. The lowest BCUT2D eigenvalue weighted by Crippen LogP contribution is -2.13. The van der Waals surface area contributed by atoms with E-state index < -0.39 is 0 Å². The molecule has 6 rings (SSSR count). The summed E-state index contributed by atoms with van der Waals surface area (Å²) in [5, 5.41) is 35.0. The lowest BCUT2D eigenvalue weighted by molar-refractivity contribution is 0.445. The van der Waals surface area contributed by atoms with E-state index in [9.17, 15) is 15.3 Å². The van der Waals surface area contributed by atoms with E-state index in [4.69, 9.17) is 4.74 Å². The summed E-state index contributed by atoms with van der Waals surface area (Å²) in [7, 11) is 0. The normalized spacial score (nSPS) is 14.8. The minimum absolute atomic E-state index is 0.135. The lowest BCUT2D eigenvalue weighted by Gasteiger charge is -2.31. The van der Waals surface area contributed by atoms with Gasteiger partial charge in [-0.3, -0.25) is 0 Å². The van der Waals surface area contributed by atoms with E-state index >= 15 is 0 Å². The summed E-state index contributed by atoms with van der Waals surface area (Å²) >= 11 is 0. The highest BCUT2D eigenvalue weighted by Crippen LogP contribution is 2.53. The largest absolute Gasteiger partial charge is 0.508 e. The second-order valence-corrected chi connectivity index (χ2v) is 7.86. The molecule has 4 heteroatoms. The molecule has 1 atom stereocenters. The minimum atomic E-state index is -0.351. The third kappa shape index (κ3) is 2.62. The molecule has 0 aliphatic carbocycles.